The molecule has 0 spiro atoms. The number of fused-ring (bicyclic) bond motifs is 1. The van der Waals surface area contributed by atoms with E-state index >= 15 is 0 Å². The van der Waals surface area contributed by atoms with Gasteiger partial charge in [-0.1, -0.05) is 0 Å². The molecule has 6 heteroatoms. The molecule has 0 aliphatic heterocycles. The van der Waals surface area contributed by atoms with Crippen LogP contribution in [0.2, 0.25) is 0 Å². The minimum absolute atomic E-state index is 0.232. The van der Waals surface area contributed by atoms with Gasteiger partial charge < -0.3 is 15.3 Å². The van der Waals surface area contributed by atoms with Gasteiger partial charge in [0.15, 0.2) is 0 Å². The van der Waals surface area contributed by atoms with Crippen LogP contribution in [0.1, 0.15) is 10.4 Å². The molecule has 0 saturated heterocycles. The molecule has 2 aromatic rings. The molecule has 0 bridgehead atoms. The lowest BCUT2D eigenvalue weighted by Crippen LogP contribution is -2.27. The topological polar surface area (TPSA) is 78.3 Å². The molecule has 6 nitrogen and oxygen atoms in total. The molecule has 0 radical (unpaired) electrons. The molecule has 2 N–H and O–H groups in total. The molecule has 1 aromatic carbocycles. The van der Waals surface area contributed by atoms with Crippen molar-refractivity contribution in [1.82, 2.24) is 15.3 Å². The minimum atomic E-state index is -0.953. The Hall–Kier alpha value is -2.21. The second kappa shape index (κ2) is 5.62. The number of aromatic carboxylic acids is 1. The first-order chi connectivity index (χ1) is 9.13. The van der Waals surface area contributed by atoms with Crippen LogP contribution in [-0.2, 0) is 0 Å². The van der Waals surface area contributed by atoms with Gasteiger partial charge in [-0.25, -0.2) is 14.8 Å². The Kier molecular flexibility index (Phi) is 3.91. The predicted octanol–water partition coefficient (Wildman–Crippen LogP) is 0.984. The van der Waals surface area contributed by atoms with E-state index in [1.54, 1.807) is 18.2 Å². The lowest BCUT2D eigenvalue weighted by Gasteiger charge is -2.19. The summed E-state index contributed by atoms with van der Waals surface area (Å²) in [7, 11) is 3.84. The van der Waals surface area contributed by atoms with Crippen molar-refractivity contribution in [2.75, 3.05) is 32.1 Å². The second-order valence-electron chi connectivity index (χ2n) is 4.26. The van der Waals surface area contributed by atoms with E-state index in [1.807, 2.05) is 19.0 Å². The van der Waals surface area contributed by atoms with Crippen molar-refractivity contribution in [3.63, 3.8) is 0 Å². The Labute approximate surface area is 111 Å². The number of aromatic nitrogens is 2. The third-order valence-corrected chi connectivity index (χ3v) is 2.92. The van der Waals surface area contributed by atoms with Crippen LogP contribution in [0.5, 0.6) is 0 Å². The number of nitrogens with zero attached hydrogens (tertiary/aromatic N) is 3. The summed E-state index contributed by atoms with van der Waals surface area (Å²) in [6.45, 7) is 1.65. The second-order valence-corrected chi connectivity index (χ2v) is 4.26. The minimum Gasteiger partial charge on any atom is -0.478 e. The van der Waals surface area contributed by atoms with Crippen molar-refractivity contribution >= 4 is 22.7 Å². The SMILES string of the molecule is CNCCN(C)c1ncnc2cc(C(=O)O)ccc12. The zero-order valence-electron chi connectivity index (χ0n) is 10.9. The van der Waals surface area contributed by atoms with E-state index in [4.69, 9.17) is 5.11 Å². The normalized spacial score (nSPS) is 10.6. The maximum absolute atomic E-state index is 10.9. The van der Waals surface area contributed by atoms with Gasteiger partial charge in [-0.15, -0.1) is 0 Å². The van der Waals surface area contributed by atoms with Crippen LogP contribution in [0.15, 0.2) is 24.5 Å². The van der Waals surface area contributed by atoms with Crippen LogP contribution in [0.4, 0.5) is 5.82 Å². The van der Waals surface area contributed by atoms with E-state index < -0.39 is 5.97 Å². The van der Waals surface area contributed by atoms with Crippen molar-refractivity contribution in [3.8, 4) is 0 Å². The number of carbonyl (C=O) groups is 1. The molecule has 0 aliphatic carbocycles. The molecule has 19 heavy (non-hydrogen) atoms. The summed E-state index contributed by atoms with van der Waals surface area (Å²) in [5, 5.41) is 12.9. The number of benzene rings is 1. The Morgan fingerprint density at radius 1 is 1.42 bits per heavy atom. The number of hydrogen-bond acceptors (Lipinski definition) is 5. The van der Waals surface area contributed by atoms with Gasteiger partial charge >= 0.3 is 5.97 Å². The smallest absolute Gasteiger partial charge is 0.335 e. The van der Waals surface area contributed by atoms with E-state index in [0.717, 1.165) is 24.3 Å². The van der Waals surface area contributed by atoms with Crippen LogP contribution in [-0.4, -0.2) is 48.2 Å². The van der Waals surface area contributed by atoms with E-state index in [1.165, 1.54) is 6.33 Å². The van der Waals surface area contributed by atoms with Crippen molar-refractivity contribution in [3.05, 3.63) is 30.1 Å². The number of nitrogens with one attached hydrogen (secondary N) is 1. The average molecular weight is 260 g/mol. The van der Waals surface area contributed by atoms with E-state index in [9.17, 15) is 4.79 Å². The molecule has 100 valence electrons. The van der Waals surface area contributed by atoms with Gasteiger partial charge in [-0.3, -0.25) is 0 Å². The highest BCUT2D eigenvalue weighted by atomic mass is 16.4. The lowest BCUT2D eigenvalue weighted by atomic mass is 10.1. The maximum Gasteiger partial charge on any atom is 0.335 e. The van der Waals surface area contributed by atoms with Gasteiger partial charge in [-0.2, -0.15) is 0 Å². The molecule has 0 aliphatic rings. The summed E-state index contributed by atoms with van der Waals surface area (Å²) in [5.41, 5.74) is 0.872. The van der Waals surface area contributed by atoms with Crippen LogP contribution in [0, 0.1) is 0 Å². The highest BCUT2D eigenvalue weighted by Gasteiger charge is 2.10. The van der Waals surface area contributed by atoms with E-state index in [0.29, 0.717) is 5.52 Å². The molecule has 0 atom stereocenters. The fraction of sp³-hybridized carbons (Fsp3) is 0.308. The summed E-state index contributed by atoms with van der Waals surface area (Å²) >= 11 is 0. The van der Waals surface area contributed by atoms with Crippen molar-refractivity contribution in [1.29, 1.82) is 0 Å². The number of hydrogen-bond donors (Lipinski definition) is 2. The Morgan fingerprint density at radius 3 is 2.89 bits per heavy atom. The summed E-state index contributed by atoms with van der Waals surface area (Å²) in [4.78, 5) is 21.4. The molecule has 2 rings (SSSR count). The van der Waals surface area contributed by atoms with Crippen molar-refractivity contribution < 1.29 is 9.90 Å². The van der Waals surface area contributed by atoms with E-state index in [2.05, 4.69) is 15.3 Å². The molecule has 0 fully saturated rings. The third kappa shape index (κ3) is 2.79. The summed E-state index contributed by atoms with van der Waals surface area (Å²) < 4.78 is 0. The number of anilines is 1. The Morgan fingerprint density at radius 2 is 2.21 bits per heavy atom. The molecule has 1 aromatic heterocycles. The number of carboxylic acid groups (broad SMARTS) is 1. The first-order valence-corrected chi connectivity index (χ1v) is 5.97. The van der Waals surface area contributed by atoms with Gasteiger partial charge in [0.1, 0.15) is 12.1 Å². The quantitative estimate of drug-likeness (QED) is 0.834. The van der Waals surface area contributed by atoms with Crippen LogP contribution >= 0.6 is 0 Å². The lowest BCUT2D eigenvalue weighted by molar-refractivity contribution is 0.0697. The largest absolute Gasteiger partial charge is 0.478 e. The zero-order valence-corrected chi connectivity index (χ0v) is 10.9. The molecular formula is C13H16N4O2. The number of rotatable bonds is 5. The summed E-state index contributed by atoms with van der Waals surface area (Å²) in [6, 6.07) is 4.89. The average Bonchev–Trinajstić information content (AvgIpc) is 2.43. The fourth-order valence-electron chi connectivity index (χ4n) is 1.87. The van der Waals surface area contributed by atoms with Crippen molar-refractivity contribution in [2.45, 2.75) is 0 Å². The van der Waals surface area contributed by atoms with Crippen LogP contribution < -0.4 is 10.2 Å². The molecular weight excluding hydrogens is 244 g/mol. The Bertz CT molecular complexity index is 600. The van der Waals surface area contributed by atoms with Gasteiger partial charge in [-0.05, 0) is 25.2 Å². The third-order valence-electron chi connectivity index (χ3n) is 2.92. The monoisotopic (exact) mass is 260 g/mol. The Balaban J connectivity index is 2.43. The first kappa shape index (κ1) is 13.2. The standard InChI is InChI=1S/C13H16N4O2/c1-14-5-6-17(2)12-10-4-3-9(13(18)19)7-11(10)15-8-16-12/h3-4,7-8,14H,5-6H2,1-2H3,(H,18,19). The summed E-state index contributed by atoms with van der Waals surface area (Å²) in [6.07, 6.45) is 1.46. The van der Waals surface area contributed by atoms with Crippen LogP contribution in [0.3, 0.4) is 0 Å². The van der Waals surface area contributed by atoms with Gasteiger partial charge in [0.05, 0.1) is 11.1 Å². The number of carboxylic acids is 1. The molecule has 0 saturated carbocycles. The molecule has 1 heterocycles. The highest BCUT2D eigenvalue weighted by molar-refractivity contribution is 5.96. The molecule has 0 amide bonds. The zero-order chi connectivity index (χ0) is 13.8. The maximum atomic E-state index is 10.9. The highest BCUT2D eigenvalue weighted by Crippen LogP contribution is 2.22. The van der Waals surface area contributed by atoms with Crippen LogP contribution in [0.25, 0.3) is 10.9 Å². The van der Waals surface area contributed by atoms with Gasteiger partial charge in [0, 0.05) is 25.5 Å². The summed E-state index contributed by atoms with van der Waals surface area (Å²) in [5.74, 6) is -0.150. The van der Waals surface area contributed by atoms with E-state index in [-0.39, 0.29) is 5.56 Å². The first-order valence-electron chi connectivity index (χ1n) is 5.97. The predicted molar refractivity (Wildman–Crippen MR) is 73.7 cm³/mol. The number of likely N-dealkylation sites (N-methyl/N-ethyl adjacent to an activating group) is 2. The fourth-order valence-corrected chi connectivity index (χ4v) is 1.87. The van der Waals surface area contributed by atoms with Gasteiger partial charge in [0.2, 0.25) is 0 Å². The van der Waals surface area contributed by atoms with Crippen molar-refractivity contribution in [2.24, 2.45) is 0 Å². The van der Waals surface area contributed by atoms with Gasteiger partial charge in [0.25, 0.3) is 0 Å². The molecule has 0 unspecified atom stereocenters.